The minimum atomic E-state index is -5.74. The van der Waals surface area contributed by atoms with Crippen molar-refractivity contribution < 1.29 is 30.5 Å². The predicted octanol–water partition coefficient (Wildman–Crippen LogP) is 3.83. The lowest BCUT2D eigenvalue weighted by Crippen LogP contribution is -2.31. The highest BCUT2D eigenvalue weighted by Crippen LogP contribution is 2.40. The third kappa shape index (κ3) is 3.34. The Morgan fingerprint density at radius 1 is 1.29 bits per heavy atom. The lowest BCUT2D eigenvalue weighted by Gasteiger charge is -2.30. The molecule has 116 valence electrons. The highest BCUT2D eigenvalue weighted by molar-refractivity contribution is 9.10. The van der Waals surface area contributed by atoms with Crippen LogP contribution in [0.15, 0.2) is 28.7 Å². The Bertz CT molecular complexity index is 708. The Morgan fingerprint density at radius 3 is 2.48 bits per heavy atom. The lowest BCUT2D eigenvalue weighted by molar-refractivity contribution is -0.0510. The van der Waals surface area contributed by atoms with E-state index in [2.05, 4.69) is 20.1 Å². The monoisotopic (exact) mass is 386 g/mol. The first-order chi connectivity index (χ1) is 9.41. The van der Waals surface area contributed by atoms with Crippen LogP contribution in [0.1, 0.15) is 19.4 Å². The Balaban J connectivity index is 2.52. The van der Waals surface area contributed by atoms with Crippen molar-refractivity contribution in [3.05, 3.63) is 34.3 Å². The van der Waals surface area contributed by atoms with Gasteiger partial charge in [-0.2, -0.15) is 21.6 Å². The second-order valence-corrected chi connectivity index (χ2v) is 7.29. The fraction of sp³-hybridized carbons (Fsp3) is 0.333. The molecule has 21 heavy (non-hydrogen) atoms. The molecule has 0 radical (unpaired) electrons. The van der Waals surface area contributed by atoms with Crippen LogP contribution in [-0.2, 0) is 14.3 Å². The van der Waals surface area contributed by atoms with E-state index in [1.54, 1.807) is 19.9 Å². The van der Waals surface area contributed by atoms with Crippen LogP contribution in [-0.4, -0.2) is 19.5 Å². The summed E-state index contributed by atoms with van der Waals surface area (Å²) in [5, 5.41) is 0. The number of hydrogen-bond acceptors (Lipinski definition) is 4. The SMILES string of the molecule is CC1(C)C=C(OS(=O)(=O)C(F)(F)F)c2cc(Br)ccc2O1. The van der Waals surface area contributed by atoms with Crippen molar-refractivity contribution in [2.75, 3.05) is 0 Å². The summed E-state index contributed by atoms with van der Waals surface area (Å²) < 4.78 is 70.1. The van der Waals surface area contributed by atoms with Crippen molar-refractivity contribution in [1.82, 2.24) is 0 Å². The van der Waals surface area contributed by atoms with Gasteiger partial charge in [0.05, 0.1) is 5.56 Å². The molecule has 0 amide bonds. The topological polar surface area (TPSA) is 52.6 Å². The van der Waals surface area contributed by atoms with E-state index in [1.165, 1.54) is 18.2 Å². The fourth-order valence-corrected chi connectivity index (χ4v) is 2.55. The summed E-state index contributed by atoms with van der Waals surface area (Å²) >= 11 is 3.16. The second kappa shape index (κ2) is 4.91. The maximum atomic E-state index is 12.5. The second-order valence-electron chi connectivity index (χ2n) is 4.84. The van der Waals surface area contributed by atoms with Gasteiger partial charge in [0.1, 0.15) is 11.4 Å². The van der Waals surface area contributed by atoms with Gasteiger partial charge in [-0.15, -0.1) is 0 Å². The zero-order valence-corrected chi connectivity index (χ0v) is 13.3. The highest BCUT2D eigenvalue weighted by Gasteiger charge is 2.49. The summed E-state index contributed by atoms with van der Waals surface area (Å²) in [4.78, 5) is 0. The number of rotatable bonds is 2. The van der Waals surface area contributed by atoms with Gasteiger partial charge in [0.15, 0.2) is 5.76 Å². The van der Waals surface area contributed by atoms with Gasteiger partial charge in [0, 0.05) is 10.5 Å². The number of fused-ring (bicyclic) bond motifs is 1. The lowest BCUT2D eigenvalue weighted by atomic mass is 10.0. The van der Waals surface area contributed by atoms with Crippen molar-refractivity contribution in [1.29, 1.82) is 0 Å². The van der Waals surface area contributed by atoms with E-state index in [4.69, 9.17) is 4.74 Å². The van der Waals surface area contributed by atoms with Crippen LogP contribution >= 0.6 is 15.9 Å². The van der Waals surface area contributed by atoms with Gasteiger partial charge in [-0.05, 0) is 32.0 Å². The van der Waals surface area contributed by atoms with Crippen LogP contribution in [0, 0.1) is 0 Å². The Labute approximate surface area is 127 Å². The summed E-state index contributed by atoms with van der Waals surface area (Å²) in [5.41, 5.74) is -6.38. The minimum absolute atomic E-state index is 0.122. The first-order valence-electron chi connectivity index (χ1n) is 5.64. The molecule has 4 nitrogen and oxygen atoms in total. The number of ether oxygens (including phenoxy) is 1. The normalized spacial score (nSPS) is 17.5. The van der Waals surface area contributed by atoms with Gasteiger partial charge >= 0.3 is 15.6 Å². The average Bonchev–Trinajstić information content (AvgIpc) is 2.27. The van der Waals surface area contributed by atoms with Crippen molar-refractivity contribution in [3.8, 4) is 5.75 Å². The zero-order chi connectivity index (χ0) is 16.1. The van der Waals surface area contributed by atoms with E-state index in [9.17, 15) is 21.6 Å². The fourth-order valence-electron chi connectivity index (χ4n) is 1.72. The van der Waals surface area contributed by atoms with Crippen LogP contribution in [0.25, 0.3) is 5.76 Å². The zero-order valence-electron chi connectivity index (χ0n) is 10.9. The van der Waals surface area contributed by atoms with E-state index in [0.29, 0.717) is 4.47 Å². The third-order valence-electron chi connectivity index (χ3n) is 2.54. The number of benzene rings is 1. The van der Waals surface area contributed by atoms with Gasteiger partial charge in [0.2, 0.25) is 0 Å². The van der Waals surface area contributed by atoms with E-state index in [-0.39, 0.29) is 11.3 Å². The van der Waals surface area contributed by atoms with Crippen LogP contribution in [0.5, 0.6) is 5.75 Å². The molecule has 9 heteroatoms. The maximum Gasteiger partial charge on any atom is 0.534 e. The Morgan fingerprint density at radius 2 is 1.90 bits per heavy atom. The molecule has 0 N–H and O–H groups in total. The molecule has 0 fully saturated rings. The summed E-state index contributed by atoms with van der Waals surface area (Å²) in [5.74, 6) is -0.182. The molecule has 0 atom stereocenters. The summed E-state index contributed by atoms with van der Waals surface area (Å²) in [7, 11) is -5.74. The summed E-state index contributed by atoms with van der Waals surface area (Å²) in [6.45, 7) is 3.14. The van der Waals surface area contributed by atoms with Crippen molar-refractivity contribution in [2.45, 2.75) is 25.0 Å². The maximum absolute atomic E-state index is 12.5. The molecule has 1 aromatic rings. The average molecular weight is 387 g/mol. The molecule has 0 spiro atoms. The molecule has 0 bridgehead atoms. The largest absolute Gasteiger partial charge is 0.534 e. The summed E-state index contributed by atoms with van der Waals surface area (Å²) in [6, 6.07) is 4.55. The molecule has 1 aromatic carbocycles. The number of hydrogen-bond donors (Lipinski definition) is 0. The van der Waals surface area contributed by atoms with Gasteiger partial charge in [-0.3, -0.25) is 0 Å². The molecule has 0 unspecified atom stereocenters. The number of alkyl halides is 3. The molecular formula is C12H10BrF3O4S. The molecule has 1 heterocycles. The van der Waals surface area contributed by atoms with Gasteiger partial charge in [0.25, 0.3) is 0 Å². The third-order valence-corrected chi connectivity index (χ3v) is 4.00. The van der Waals surface area contributed by atoms with Gasteiger partial charge in [-0.1, -0.05) is 15.9 Å². The van der Waals surface area contributed by atoms with Crippen LogP contribution in [0.2, 0.25) is 0 Å². The van der Waals surface area contributed by atoms with E-state index < -0.39 is 27.0 Å². The van der Waals surface area contributed by atoms with Crippen molar-refractivity contribution in [2.24, 2.45) is 0 Å². The molecule has 0 aromatic heterocycles. The molecule has 0 saturated heterocycles. The minimum Gasteiger partial charge on any atom is -0.483 e. The first kappa shape index (κ1) is 16.2. The van der Waals surface area contributed by atoms with Crippen LogP contribution < -0.4 is 4.74 Å². The Hall–Kier alpha value is -1.22. The van der Waals surface area contributed by atoms with Crippen LogP contribution in [0.4, 0.5) is 13.2 Å². The van der Waals surface area contributed by atoms with Crippen molar-refractivity contribution in [3.63, 3.8) is 0 Å². The Kier molecular flexibility index (Phi) is 3.78. The first-order valence-corrected chi connectivity index (χ1v) is 7.84. The standard InChI is InChI=1S/C12H10BrF3O4S/c1-11(2)6-10(20-21(17,18)12(14,15)16)8-5-7(13)3-4-9(8)19-11/h3-6H,1-2H3. The highest BCUT2D eigenvalue weighted by atomic mass is 79.9. The van der Waals surface area contributed by atoms with Gasteiger partial charge in [-0.25, -0.2) is 0 Å². The predicted molar refractivity (Wildman–Crippen MR) is 72.9 cm³/mol. The molecule has 1 aliphatic rings. The molecule has 1 aliphatic heterocycles. The molecule has 0 saturated carbocycles. The van der Waals surface area contributed by atoms with Crippen molar-refractivity contribution >= 4 is 31.8 Å². The molecule has 2 rings (SSSR count). The van der Waals surface area contributed by atoms with E-state index >= 15 is 0 Å². The van der Waals surface area contributed by atoms with Gasteiger partial charge < -0.3 is 8.92 Å². The van der Waals surface area contributed by atoms with Crippen LogP contribution in [0.3, 0.4) is 0 Å². The molecule has 0 aliphatic carbocycles. The smallest absolute Gasteiger partial charge is 0.483 e. The quantitative estimate of drug-likeness (QED) is 0.572. The summed E-state index contributed by atoms with van der Waals surface area (Å²) in [6.07, 6.45) is 1.19. The molecular weight excluding hydrogens is 377 g/mol. The van der Waals surface area contributed by atoms with E-state index in [1.807, 2.05) is 0 Å². The number of halogens is 4. The van der Waals surface area contributed by atoms with E-state index in [0.717, 1.165) is 0 Å².